The minimum absolute atomic E-state index is 0.186. The van der Waals surface area contributed by atoms with Gasteiger partial charge in [0.1, 0.15) is 0 Å². The van der Waals surface area contributed by atoms with Crippen LogP contribution in [0.1, 0.15) is 37.5 Å². The quantitative estimate of drug-likeness (QED) is 0.718. The summed E-state index contributed by atoms with van der Waals surface area (Å²) in [6.07, 6.45) is 0. The molecule has 0 radical (unpaired) electrons. The lowest BCUT2D eigenvalue weighted by atomic mass is 9.85. The van der Waals surface area contributed by atoms with E-state index in [1.54, 1.807) is 0 Å². The van der Waals surface area contributed by atoms with E-state index >= 15 is 0 Å². The van der Waals surface area contributed by atoms with Crippen molar-refractivity contribution in [3.05, 3.63) is 34.9 Å². The zero-order valence-corrected chi connectivity index (χ0v) is 10.3. The monoisotopic (exact) mass is 223 g/mol. The van der Waals surface area contributed by atoms with Gasteiger partial charge in [-0.15, -0.1) is 0 Å². The molecule has 0 bridgehead atoms. The molecule has 2 rings (SSSR count). The molecule has 1 aromatic rings. The van der Waals surface area contributed by atoms with Crippen molar-refractivity contribution in [2.24, 2.45) is 0 Å². The Hall–Kier alpha value is -0.670. The zero-order chi connectivity index (χ0) is 11.1. The van der Waals surface area contributed by atoms with Crippen LogP contribution in [0.3, 0.4) is 0 Å². The third kappa shape index (κ3) is 2.29. The summed E-state index contributed by atoms with van der Waals surface area (Å²) in [7, 11) is -0.879. The minimum Gasteiger partial charge on any atom is -0.243 e. The van der Waals surface area contributed by atoms with Gasteiger partial charge in [-0.3, -0.25) is 0 Å². The van der Waals surface area contributed by atoms with Crippen LogP contribution in [-0.2, 0) is 28.7 Å². The van der Waals surface area contributed by atoms with Gasteiger partial charge >= 0.3 is 0 Å². The molecular weight excluding hydrogens is 206 g/mol. The fourth-order valence-corrected chi connectivity index (χ4v) is 2.73. The molecule has 0 spiro atoms. The molecule has 0 fully saturated rings. The van der Waals surface area contributed by atoms with Crippen LogP contribution in [0.25, 0.3) is 0 Å². The first-order valence-electron chi connectivity index (χ1n) is 5.21. The maximum Gasteiger partial charge on any atom is 0.0963 e. The summed E-state index contributed by atoms with van der Waals surface area (Å²) in [5.41, 5.74) is 4.05. The second-order valence-electron chi connectivity index (χ2n) is 5.04. The highest BCUT2D eigenvalue weighted by Gasteiger charge is 2.18. The van der Waals surface area contributed by atoms with Crippen LogP contribution in [0.2, 0.25) is 0 Å². The molecule has 1 heterocycles. The Morgan fingerprint density at radius 2 is 2.00 bits per heavy atom. The van der Waals surface area contributed by atoms with Crippen LogP contribution in [0.5, 0.6) is 0 Å². The molecule has 0 aromatic heterocycles. The van der Waals surface area contributed by atoms with E-state index in [4.69, 9.17) is 0 Å². The predicted molar refractivity (Wildman–Crippen MR) is 63.8 cm³/mol. The summed E-state index contributed by atoms with van der Waals surface area (Å²) in [4.78, 5) is 0. The van der Waals surface area contributed by atoms with Gasteiger partial charge in [0.2, 0.25) is 0 Å². The highest BCUT2D eigenvalue weighted by Crippen LogP contribution is 2.26. The Labute approximate surface area is 93.7 Å². The van der Waals surface area contributed by atoms with Crippen molar-refractivity contribution in [1.82, 2.24) is 4.72 Å². The van der Waals surface area contributed by atoms with Gasteiger partial charge in [0.15, 0.2) is 0 Å². The van der Waals surface area contributed by atoms with Crippen LogP contribution in [0.15, 0.2) is 18.2 Å². The maximum atomic E-state index is 11.3. The summed E-state index contributed by atoms with van der Waals surface area (Å²) in [5.74, 6) is 0.639. The molecule has 0 amide bonds. The Morgan fingerprint density at radius 1 is 1.27 bits per heavy atom. The van der Waals surface area contributed by atoms with E-state index in [0.717, 1.165) is 6.54 Å². The van der Waals surface area contributed by atoms with Crippen molar-refractivity contribution in [2.45, 2.75) is 38.5 Å². The van der Waals surface area contributed by atoms with Crippen LogP contribution in [0, 0.1) is 0 Å². The highest BCUT2D eigenvalue weighted by molar-refractivity contribution is 7.82. The van der Waals surface area contributed by atoms with Crippen molar-refractivity contribution in [1.29, 1.82) is 0 Å². The molecular formula is C12H17NOS. The molecule has 0 saturated heterocycles. The number of nitrogens with one attached hydrogen (secondary N) is 1. The smallest absolute Gasteiger partial charge is 0.0963 e. The summed E-state index contributed by atoms with van der Waals surface area (Å²) in [6, 6.07) is 6.51. The highest BCUT2D eigenvalue weighted by atomic mass is 32.2. The first kappa shape index (κ1) is 10.8. The number of hydrogen-bond donors (Lipinski definition) is 1. The Bertz CT molecular complexity index is 407. The van der Waals surface area contributed by atoms with Gasteiger partial charge in [0, 0.05) is 6.54 Å². The lowest BCUT2D eigenvalue weighted by molar-refractivity contribution is 0.588. The van der Waals surface area contributed by atoms with Crippen molar-refractivity contribution in [2.75, 3.05) is 0 Å². The normalized spacial score (nSPS) is 21.1. The Morgan fingerprint density at radius 3 is 2.67 bits per heavy atom. The molecule has 1 aliphatic rings. The molecule has 0 saturated carbocycles. The summed E-state index contributed by atoms with van der Waals surface area (Å²) in [5, 5.41) is 0. The lowest BCUT2D eigenvalue weighted by Crippen LogP contribution is -2.25. The zero-order valence-electron chi connectivity index (χ0n) is 9.46. The van der Waals surface area contributed by atoms with E-state index < -0.39 is 11.0 Å². The number of rotatable bonds is 0. The van der Waals surface area contributed by atoms with E-state index in [1.165, 1.54) is 16.7 Å². The Kier molecular flexibility index (Phi) is 2.69. The fourth-order valence-electron chi connectivity index (χ4n) is 1.75. The van der Waals surface area contributed by atoms with Crippen molar-refractivity contribution in [3.63, 3.8) is 0 Å². The van der Waals surface area contributed by atoms with Gasteiger partial charge in [-0.2, -0.15) is 0 Å². The van der Waals surface area contributed by atoms with E-state index in [1.807, 2.05) is 0 Å². The van der Waals surface area contributed by atoms with Gasteiger partial charge in [-0.25, -0.2) is 8.93 Å². The van der Waals surface area contributed by atoms with Crippen LogP contribution >= 0.6 is 0 Å². The van der Waals surface area contributed by atoms with Gasteiger partial charge in [0.05, 0.1) is 16.7 Å². The van der Waals surface area contributed by atoms with Crippen molar-refractivity contribution in [3.8, 4) is 0 Å². The van der Waals surface area contributed by atoms with Gasteiger partial charge in [-0.05, 0) is 22.1 Å². The van der Waals surface area contributed by atoms with Crippen molar-refractivity contribution >= 4 is 11.0 Å². The second-order valence-corrected chi connectivity index (χ2v) is 6.31. The molecule has 15 heavy (non-hydrogen) atoms. The van der Waals surface area contributed by atoms with E-state index in [0.29, 0.717) is 5.75 Å². The molecule has 0 aliphatic carbocycles. The molecule has 2 nitrogen and oxygen atoms in total. The van der Waals surface area contributed by atoms with E-state index in [2.05, 4.69) is 43.7 Å². The van der Waals surface area contributed by atoms with Crippen LogP contribution in [0.4, 0.5) is 0 Å². The topological polar surface area (TPSA) is 29.1 Å². The summed E-state index contributed by atoms with van der Waals surface area (Å²) < 4.78 is 14.3. The molecule has 1 N–H and O–H groups in total. The standard InChI is InChI=1S/C12H17NOS/c1-12(2,3)11-5-4-9-8-15(14)13-7-10(9)6-11/h4-6,13H,7-8H2,1-3H3. The minimum atomic E-state index is -0.879. The molecule has 82 valence electrons. The Balaban J connectivity index is 2.39. The SMILES string of the molecule is CC(C)(C)c1ccc2c(c1)CNS(=O)C2. The molecule has 1 aromatic carbocycles. The van der Waals surface area contributed by atoms with Crippen molar-refractivity contribution < 1.29 is 4.21 Å². The number of benzene rings is 1. The average Bonchev–Trinajstić information content (AvgIpc) is 2.15. The number of hydrogen-bond acceptors (Lipinski definition) is 1. The van der Waals surface area contributed by atoms with Gasteiger partial charge in [-0.1, -0.05) is 39.0 Å². The average molecular weight is 223 g/mol. The molecule has 1 atom stereocenters. The molecule has 1 aliphatic heterocycles. The maximum absolute atomic E-state index is 11.3. The first-order chi connectivity index (χ1) is 6.97. The third-order valence-electron chi connectivity index (χ3n) is 2.78. The summed E-state index contributed by atoms with van der Waals surface area (Å²) in [6.45, 7) is 7.36. The van der Waals surface area contributed by atoms with E-state index in [9.17, 15) is 4.21 Å². The van der Waals surface area contributed by atoms with Crippen LogP contribution < -0.4 is 4.72 Å². The van der Waals surface area contributed by atoms with Gasteiger partial charge < -0.3 is 0 Å². The number of fused-ring (bicyclic) bond motifs is 1. The van der Waals surface area contributed by atoms with Crippen LogP contribution in [-0.4, -0.2) is 4.21 Å². The predicted octanol–water partition coefficient (Wildman–Crippen LogP) is 2.25. The lowest BCUT2D eigenvalue weighted by Gasteiger charge is -2.23. The fraction of sp³-hybridized carbons (Fsp3) is 0.500. The first-order valence-corrected chi connectivity index (χ1v) is 6.53. The molecule has 1 unspecified atom stereocenters. The third-order valence-corrected chi connectivity index (χ3v) is 3.82. The van der Waals surface area contributed by atoms with Gasteiger partial charge in [0.25, 0.3) is 0 Å². The summed E-state index contributed by atoms with van der Waals surface area (Å²) >= 11 is 0. The van der Waals surface area contributed by atoms with E-state index in [-0.39, 0.29) is 5.41 Å². The molecule has 3 heteroatoms. The largest absolute Gasteiger partial charge is 0.243 e. The second kappa shape index (κ2) is 3.72.